The van der Waals surface area contributed by atoms with E-state index >= 15 is 0 Å². The molecule has 0 fully saturated rings. The van der Waals surface area contributed by atoms with Gasteiger partial charge in [-0.25, -0.2) is 9.59 Å². The molecule has 0 spiro atoms. The minimum Gasteiger partial charge on any atom is -0.479 e. The third-order valence-corrected chi connectivity index (χ3v) is 4.44. The van der Waals surface area contributed by atoms with E-state index in [1.54, 1.807) is 12.4 Å². The second kappa shape index (κ2) is 10.2. The van der Waals surface area contributed by atoms with Crippen molar-refractivity contribution in [3.8, 4) is 0 Å². The molecule has 0 unspecified atom stereocenters. The van der Waals surface area contributed by atoms with E-state index in [2.05, 4.69) is 4.98 Å². The van der Waals surface area contributed by atoms with Crippen molar-refractivity contribution in [1.82, 2.24) is 4.98 Å². The smallest absolute Gasteiger partial charge is 0.348 e. The molecule has 164 valence electrons. The SMILES string of the molecule is O=C(O)[C@@](O)(C(=O)c1ccccc1)[C@@](O)(C(=O)O)C(=O)c1ccccc1.c1ccncc1. The van der Waals surface area contributed by atoms with E-state index in [-0.39, 0.29) is 0 Å². The van der Waals surface area contributed by atoms with E-state index in [0.29, 0.717) is 0 Å². The molecule has 0 aliphatic heterocycles. The van der Waals surface area contributed by atoms with Crippen molar-refractivity contribution < 1.29 is 39.6 Å². The molecule has 1 aromatic heterocycles. The van der Waals surface area contributed by atoms with Gasteiger partial charge in [0.2, 0.25) is 11.6 Å². The lowest BCUT2D eigenvalue weighted by molar-refractivity contribution is -0.187. The largest absolute Gasteiger partial charge is 0.479 e. The van der Waals surface area contributed by atoms with Crippen LogP contribution in [0.2, 0.25) is 0 Å². The Morgan fingerprint density at radius 3 is 1.09 bits per heavy atom. The number of hydrogen-bond acceptors (Lipinski definition) is 7. The second-order valence-electron chi connectivity index (χ2n) is 6.45. The molecule has 32 heavy (non-hydrogen) atoms. The van der Waals surface area contributed by atoms with Crippen LogP contribution in [0.1, 0.15) is 20.7 Å². The van der Waals surface area contributed by atoms with E-state index in [4.69, 9.17) is 0 Å². The molecule has 2 atom stereocenters. The van der Waals surface area contributed by atoms with Crippen LogP contribution in [-0.2, 0) is 9.59 Å². The van der Waals surface area contributed by atoms with Crippen molar-refractivity contribution in [2.45, 2.75) is 11.2 Å². The maximum Gasteiger partial charge on any atom is 0.348 e. The predicted molar refractivity (Wildman–Crippen MR) is 111 cm³/mol. The quantitative estimate of drug-likeness (QED) is 0.317. The summed E-state index contributed by atoms with van der Waals surface area (Å²) in [5, 5.41) is 39.9. The standard InChI is InChI=1S/C18H14O8.C5H5N/c19-13(11-7-3-1-4-8-11)17(25,15(21)22)18(26,16(23)24)14(20)12-9-5-2-6-10-12;1-2-4-6-5-3-1/h1-10,25-26H,(H,21,22)(H,23,24);1-5H/t17-,18-;/m0./s1. The van der Waals surface area contributed by atoms with E-state index in [1.807, 2.05) is 18.2 Å². The van der Waals surface area contributed by atoms with Crippen LogP contribution < -0.4 is 0 Å². The highest BCUT2D eigenvalue weighted by atomic mass is 16.5. The van der Waals surface area contributed by atoms with Crippen molar-refractivity contribution >= 4 is 23.5 Å². The van der Waals surface area contributed by atoms with Crippen LogP contribution >= 0.6 is 0 Å². The number of benzene rings is 2. The Labute approximate surface area is 182 Å². The minimum absolute atomic E-state index is 0.391. The van der Waals surface area contributed by atoms with Gasteiger partial charge in [0.15, 0.2) is 0 Å². The van der Waals surface area contributed by atoms with Gasteiger partial charge in [0.25, 0.3) is 11.2 Å². The average molecular weight is 437 g/mol. The molecule has 0 radical (unpaired) electrons. The third-order valence-electron chi connectivity index (χ3n) is 4.44. The van der Waals surface area contributed by atoms with E-state index in [1.165, 1.54) is 36.4 Å². The molecule has 0 bridgehead atoms. The van der Waals surface area contributed by atoms with Gasteiger partial charge in [-0.3, -0.25) is 14.6 Å². The number of carboxylic acids is 2. The van der Waals surface area contributed by atoms with Crippen LogP contribution in [-0.4, -0.2) is 60.1 Å². The number of aliphatic hydroxyl groups is 2. The van der Waals surface area contributed by atoms with Gasteiger partial charge in [-0.1, -0.05) is 66.7 Å². The number of nitrogens with zero attached hydrogens (tertiary/aromatic N) is 1. The number of pyridine rings is 1. The molecule has 0 aliphatic carbocycles. The lowest BCUT2D eigenvalue weighted by Crippen LogP contribution is -2.71. The number of aliphatic carboxylic acids is 2. The van der Waals surface area contributed by atoms with Crippen LogP contribution in [0.25, 0.3) is 0 Å². The van der Waals surface area contributed by atoms with E-state index in [0.717, 1.165) is 24.3 Å². The number of aromatic nitrogens is 1. The Kier molecular flexibility index (Phi) is 7.67. The van der Waals surface area contributed by atoms with Gasteiger partial charge in [-0.2, -0.15) is 0 Å². The summed E-state index contributed by atoms with van der Waals surface area (Å²) in [5.74, 6) is -8.03. The first-order chi connectivity index (χ1) is 15.2. The maximum atomic E-state index is 12.6. The molecular formula is C23H19NO8. The summed E-state index contributed by atoms with van der Waals surface area (Å²) in [6.45, 7) is 0. The number of Topliss-reactive ketones (excluding diaryl/α,β-unsaturated/α-hetero) is 2. The van der Waals surface area contributed by atoms with Crippen molar-refractivity contribution in [2.24, 2.45) is 0 Å². The Bertz CT molecular complexity index is 989. The summed E-state index contributed by atoms with van der Waals surface area (Å²) in [7, 11) is 0. The highest BCUT2D eigenvalue weighted by molar-refractivity contribution is 6.28. The highest BCUT2D eigenvalue weighted by Crippen LogP contribution is 2.31. The van der Waals surface area contributed by atoms with Gasteiger partial charge in [0.1, 0.15) is 0 Å². The fourth-order valence-electron chi connectivity index (χ4n) is 2.74. The van der Waals surface area contributed by atoms with E-state index in [9.17, 15) is 39.6 Å². The summed E-state index contributed by atoms with van der Waals surface area (Å²) in [4.78, 5) is 52.3. The minimum atomic E-state index is -3.95. The van der Waals surface area contributed by atoms with Gasteiger partial charge in [0.05, 0.1) is 0 Å². The monoisotopic (exact) mass is 437 g/mol. The number of carbonyl (C=O) groups is 4. The van der Waals surface area contributed by atoms with Crippen LogP contribution in [0.5, 0.6) is 0 Å². The lowest BCUT2D eigenvalue weighted by Gasteiger charge is -2.34. The molecule has 3 rings (SSSR count). The first-order valence-electron chi connectivity index (χ1n) is 9.13. The van der Waals surface area contributed by atoms with E-state index < -0.39 is 45.8 Å². The fourth-order valence-corrected chi connectivity index (χ4v) is 2.74. The number of hydrogen-bond donors (Lipinski definition) is 4. The highest BCUT2D eigenvalue weighted by Gasteiger charge is 2.69. The van der Waals surface area contributed by atoms with Gasteiger partial charge in [0, 0.05) is 23.5 Å². The molecule has 4 N–H and O–H groups in total. The summed E-state index contributed by atoms with van der Waals surface area (Å²) >= 11 is 0. The number of ketones is 2. The van der Waals surface area contributed by atoms with Gasteiger partial charge in [-0.15, -0.1) is 0 Å². The number of carboxylic acid groups (broad SMARTS) is 2. The molecule has 0 aliphatic rings. The Morgan fingerprint density at radius 1 is 0.562 bits per heavy atom. The summed E-state index contributed by atoms with van der Waals surface area (Å²) in [5.41, 5.74) is -8.68. The molecule has 1 heterocycles. The van der Waals surface area contributed by atoms with Crippen LogP contribution in [0.3, 0.4) is 0 Å². The molecule has 9 nitrogen and oxygen atoms in total. The van der Waals surface area contributed by atoms with Crippen molar-refractivity contribution in [3.05, 3.63) is 102 Å². The van der Waals surface area contributed by atoms with Gasteiger partial charge < -0.3 is 20.4 Å². The first kappa shape index (κ1) is 24.1. The Balaban J connectivity index is 0.000000520. The summed E-state index contributed by atoms with van der Waals surface area (Å²) < 4.78 is 0. The molecule has 3 aromatic rings. The number of rotatable bonds is 7. The Morgan fingerprint density at radius 2 is 0.875 bits per heavy atom. The summed E-state index contributed by atoms with van der Waals surface area (Å²) in [6, 6.07) is 18.5. The normalized spacial score (nSPS) is 13.9. The topological polar surface area (TPSA) is 162 Å². The predicted octanol–water partition coefficient (Wildman–Crippen LogP) is 1.47. The lowest BCUT2D eigenvalue weighted by atomic mass is 9.73. The van der Waals surface area contributed by atoms with Crippen LogP contribution in [0, 0.1) is 0 Å². The van der Waals surface area contributed by atoms with Crippen molar-refractivity contribution in [1.29, 1.82) is 0 Å². The first-order valence-corrected chi connectivity index (χ1v) is 9.13. The van der Waals surface area contributed by atoms with Crippen molar-refractivity contribution in [3.63, 3.8) is 0 Å². The molecule has 2 aromatic carbocycles. The molecule has 0 saturated heterocycles. The molecule has 0 saturated carbocycles. The van der Waals surface area contributed by atoms with Crippen LogP contribution in [0.15, 0.2) is 91.3 Å². The average Bonchev–Trinajstić information content (AvgIpc) is 2.84. The second-order valence-corrected chi connectivity index (χ2v) is 6.45. The molecule has 0 amide bonds. The zero-order valence-corrected chi connectivity index (χ0v) is 16.5. The van der Waals surface area contributed by atoms with Crippen molar-refractivity contribution in [2.75, 3.05) is 0 Å². The van der Waals surface area contributed by atoms with Crippen LogP contribution in [0.4, 0.5) is 0 Å². The third kappa shape index (κ3) is 4.59. The fraction of sp³-hybridized carbons (Fsp3) is 0.0870. The molecular weight excluding hydrogens is 418 g/mol. The summed E-state index contributed by atoms with van der Waals surface area (Å²) in [6.07, 6.45) is 3.50. The Hall–Kier alpha value is -4.21. The van der Waals surface area contributed by atoms with Gasteiger partial charge >= 0.3 is 11.9 Å². The molecule has 9 heteroatoms. The maximum absolute atomic E-state index is 12.6. The zero-order chi connectivity index (χ0) is 23.8. The zero-order valence-electron chi connectivity index (χ0n) is 16.5. The number of carbonyl (C=O) groups excluding carboxylic acids is 2. The van der Waals surface area contributed by atoms with Gasteiger partial charge in [-0.05, 0) is 12.1 Å².